The molecule has 28 heavy (non-hydrogen) atoms. The molecule has 0 N–H and O–H groups in total. The largest absolute Gasteiger partial charge is 0.464 e. The molecule has 160 valence electrons. The van der Waals surface area contributed by atoms with E-state index in [1.165, 1.54) is 9.80 Å². The lowest BCUT2D eigenvalue weighted by atomic mass is 9.97. The van der Waals surface area contributed by atoms with E-state index in [1.807, 2.05) is 13.8 Å². The van der Waals surface area contributed by atoms with Gasteiger partial charge in [-0.05, 0) is 40.5 Å². The maximum Gasteiger partial charge on any atom is 0.328 e. The molecule has 8 nitrogen and oxygen atoms in total. The lowest BCUT2D eigenvalue weighted by molar-refractivity contribution is -0.176. The Morgan fingerprint density at radius 3 is 1.36 bits per heavy atom. The first-order valence-electron chi connectivity index (χ1n) is 10.2. The molecule has 0 spiro atoms. The highest BCUT2D eigenvalue weighted by Gasteiger charge is 2.49. The van der Waals surface area contributed by atoms with Crippen molar-refractivity contribution >= 4 is 23.8 Å². The number of nitrogens with zero attached hydrogens (tertiary/aromatic N) is 2. The van der Waals surface area contributed by atoms with Gasteiger partial charge in [0.15, 0.2) is 0 Å². The quantitative estimate of drug-likeness (QED) is 0.522. The molecule has 0 radical (unpaired) electrons. The van der Waals surface area contributed by atoms with Crippen LogP contribution in [0.5, 0.6) is 0 Å². The molecule has 4 atom stereocenters. The van der Waals surface area contributed by atoms with Crippen molar-refractivity contribution in [3.05, 3.63) is 0 Å². The first-order valence-corrected chi connectivity index (χ1v) is 10.2. The van der Waals surface area contributed by atoms with E-state index in [1.54, 1.807) is 27.7 Å². The number of rotatable bonds is 10. The second-order valence-electron chi connectivity index (χ2n) is 6.96. The average Bonchev–Trinajstić information content (AvgIpc) is 2.65. The van der Waals surface area contributed by atoms with Crippen molar-refractivity contribution in [3.63, 3.8) is 0 Å². The van der Waals surface area contributed by atoms with Gasteiger partial charge in [-0.1, -0.05) is 26.7 Å². The third kappa shape index (κ3) is 5.02. The maximum atomic E-state index is 13.2. The topological polar surface area (TPSA) is 93.2 Å². The molecule has 8 heteroatoms. The van der Waals surface area contributed by atoms with Crippen LogP contribution in [0.3, 0.4) is 0 Å². The molecule has 4 unspecified atom stereocenters. The summed E-state index contributed by atoms with van der Waals surface area (Å²) in [5, 5.41) is 0. The Kier molecular flexibility index (Phi) is 9.41. The minimum Gasteiger partial charge on any atom is -0.464 e. The Hall–Kier alpha value is -2.12. The summed E-state index contributed by atoms with van der Waals surface area (Å²) in [4.78, 5) is 53.9. The van der Waals surface area contributed by atoms with Crippen LogP contribution in [0.15, 0.2) is 0 Å². The molecular weight excluding hydrogens is 364 g/mol. The number of amides is 2. The highest BCUT2D eigenvalue weighted by Crippen LogP contribution is 2.27. The van der Waals surface area contributed by atoms with Gasteiger partial charge in [-0.3, -0.25) is 9.59 Å². The first-order chi connectivity index (χ1) is 13.3. The van der Waals surface area contributed by atoms with E-state index in [2.05, 4.69) is 0 Å². The lowest BCUT2D eigenvalue weighted by Gasteiger charge is -2.47. The van der Waals surface area contributed by atoms with Gasteiger partial charge in [0.05, 0.1) is 13.2 Å². The fraction of sp³-hybridized carbons (Fsp3) is 0.800. The van der Waals surface area contributed by atoms with Gasteiger partial charge in [0.1, 0.15) is 24.2 Å². The Balaban J connectivity index is 3.24. The van der Waals surface area contributed by atoms with Crippen LogP contribution in [-0.2, 0) is 28.7 Å². The van der Waals surface area contributed by atoms with E-state index < -0.39 is 36.1 Å². The van der Waals surface area contributed by atoms with Crippen LogP contribution in [-0.4, -0.2) is 70.9 Å². The lowest BCUT2D eigenvalue weighted by Crippen LogP contribution is -2.69. The summed E-state index contributed by atoms with van der Waals surface area (Å²) in [6.07, 6.45) is 2.14. The van der Waals surface area contributed by atoms with E-state index in [0.29, 0.717) is 25.7 Å². The van der Waals surface area contributed by atoms with Crippen molar-refractivity contribution in [2.45, 2.75) is 91.4 Å². The molecule has 1 heterocycles. The molecule has 1 aliphatic heterocycles. The van der Waals surface area contributed by atoms with Gasteiger partial charge in [0.2, 0.25) is 11.8 Å². The number of carbonyl (C=O) groups is 4. The van der Waals surface area contributed by atoms with Crippen molar-refractivity contribution in [1.82, 2.24) is 9.80 Å². The zero-order valence-electron chi connectivity index (χ0n) is 17.9. The van der Waals surface area contributed by atoms with Crippen molar-refractivity contribution in [1.29, 1.82) is 0 Å². The third-order valence-electron chi connectivity index (χ3n) is 4.97. The Morgan fingerprint density at radius 1 is 0.786 bits per heavy atom. The van der Waals surface area contributed by atoms with Crippen LogP contribution in [0, 0.1) is 0 Å². The molecule has 0 bridgehead atoms. The maximum absolute atomic E-state index is 13.2. The summed E-state index contributed by atoms with van der Waals surface area (Å²) in [6.45, 7) is 10.8. The summed E-state index contributed by atoms with van der Waals surface area (Å²) in [5.74, 6) is -1.73. The Labute approximate surface area is 167 Å². The average molecular weight is 399 g/mol. The van der Waals surface area contributed by atoms with E-state index in [-0.39, 0.29) is 25.0 Å². The van der Waals surface area contributed by atoms with Gasteiger partial charge >= 0.3 is 11.9 Å². The minimum atomic E-state index is -0.863. The standard InChI is InChI=1S/C20H34N2O6/c1-7-11-15(19(25)27-9-3)21-13(5)18(24)22(14(6)17(21)23)16(12-8-2)20(26)28-10-4/h13-16H,7-12H2,1-6H3. The van der Waals surface area contributed by atoms with E-state index in [9.17, 15) is 19.2 Å². The number of hydrogen-bond acceptors (Lipinski definition) is 6. The summed E-state index contributed by atoms with van der Waals surface area (Å²) in [6, 6.07) is -3.35. The molecule has 0 aromatic carbocycles. The third-order valence-corrected chi connectivity index (χ3v) is 4.97. The Morgan fingerprint density at radius 2 is 1.11 bits per heavy atom. The second kappa shape index (κ2) is 11.0. The summed E-state index contributed by atoms with van der Waals surface area (Å²) >= 11 is 0. The van der Waals surface area contributed by atoms with Gasteiger partial charge in [0, 0.05) is 0 Å². The molecule has 1 rings (SSSR count). The molecule has 1 fully saturated rings. The van der Waals surface area contributed by atoms with E-state index in [0.717, 1.165) is 0 Å². The fourth-order valence-corrected chi connectivity index (χ4v) is 3.66. The van der Waals surface area contributed by atoms with Gasteiger partial charge < -0.3 is 19.3 Å². The van der Waals surface area contributed by atoms with Crippen molar-refractivity contribution < 1.29 is 28.7 Å². The van der Waals surface area contributed by atoms with Crippen molar-refractivity contribution in [3.8, 4) is 0 Å². The molecule has 0 aliphatic carbocycles. The molecule has 0 aromatic rings. The van der Waals surface area contributed by atoms with Crippen LogP contribution in [0.2, 0.25) is 0 Å². The Bertz CT molecular complexity index is 529. The minimum absolute atomic E-state index is 0.201. The summed E-state index contributed by atoms with van der Waals surface area (Å²) in [7, 11) is 0. The number of carbonyl (C=O) groups excluding carboxylic acids is 4. The number of piperazine rings is 1. The smallest absolute Gasteiger partial charge is 0.328 e. The first kappa shape index (κ1) is 23.9. The van der Waals surface area contributed by atoms with Gasteiger partial charge in [-0.15, -0.1) is 0 Å². The second-order valence-corrected chi connectivity index (χ2v) is 6.96. The van der Waals surface area contributed by atoms with E-state index in [4.69, 9.17) is 9.47 Å². The zero-order chi connectivity index (χ0) is 21.4. The SMILES string of the molecule is CCCC(C(=O)OCC)N1C(=O)C(C)N(C(CCC)C(=O)OCC)C(=O)C1C. The number of ether oxygens (including phenoxy) is 2. The van der Waals surface area contributed by atoms with Crippen LogP contribution >= 0.6 is 0 Å². The number of hydrogen-bond donors (Lipinski definition) is 0. The van der Waals surface area contributed by atoms with Crippen LogP contribution in [0.4, 0.5) is 0 Å². The molecule has 2 amide bonds. The summed E-state index contributed by atoms with van der Waals surface area (Å²) < 4.78 is 10.3. The summed E-state index contributed by atoms with van der Waals surface area (Å²) in [5.41, 5.74) is 0. The molecular formula is C20H34N2O6. The number of esters is 2. The molecule has 0 saturated carbocycles. The molecule has 0 aromatic heterocycles. The van der Waals surface area contributed by atoms with Crippen LogP contribution < -0.4 is 0 Å². The fourth-order valence-electron chi connectivity index (χ4n) is 3.66. The monoisotopic (exact) mass is 398 g/mol. The highest BCUT2D eigenvalue weighted by molar-refractivity contribution is 6.00. The highest BCUT2D eigenvalue weighted by atomic mass is 16.5. The van der Waals surface area contributed by atoms with Gasteiger partial charge in [-0.2, -0.15) is 0 Å². The molecule has 1 aliphatic rings. The predicted molar refractivity (Wildman–Crippen MR) is 103 cm³/mol. The van der Waals surface area contributed by atoms with Gasteiger partial charge in [0.25, 0.3) is 0 Å². The van der Waals surface area contributed by atoms with Gasteiger partial charge in [-0.25, -0.2) is 9.59 Å². The van der Waals surface area contributed by atoms with Crippen LogP contribution in [0.25, 0.3) is 0 Å². The molecule has 1 saturated heterocycles. The predicted octanol–water partition coefficient (Wildman–Crippen LogP) is 1.90. The van der Waals surface area contributed by atoms with Crippen molar-refractivity contribution in [2.24, 2.45) is 0 Å². The van der Waals surface area contributed by atoms with Crippen LogP contribution in [0.1, 0.15) is 67.2 Å². The normalized spacial score (nSPS) is 22.1. The van der Waals surface area contributed by atoms with E-state index >= 15 is 0 Å². The zero-order valence-corrected chi connectivity index (χ0v) is 17.9. The van der Waals surface area contributed by atoms with Crippen molar-refractivity contribution in [2.75, 3.05) is 13.2 Å².